The molecule has 0 saturated carbocycles. The fourth-order valence-electron chi connectivity index (χ4n) is 2.67. The third kappa shape index (κ3) is 4.07. The van der Waals surface area contributed by atoms with Crippen molar-refractivity contribution in [3.63, 3.8) is 0 Å². The Morgan fingerprint density at radius 3 is 2.72 bits per heavy atom. The zero-order chi connectivity index (χ0) is 18.2. The Labute approximate surface area is 141 Å². The summed E-state index contributed by atoms with van der Waals surface area (Å²) in [5.41, 5.74) is 4.81. The van der Waals surface area contributed by atoms with Crippen LogP contribution >= 0.6 is 7.82 Å². The Kier molecular flexibility index (Phi) is 5.23. The van der Waals surface area contributed by atoms with Gasteiger partial charge >= 0.3 is 13.5 Å². The fourth-order valence-corrected chi connectivity index (χ4v) is 3.01. The van der Waals surface area contributed by atoms with Gasteiger partial charge in [-0.15, -0.1) is 0 Å². The number of phosphoric ester groups is 1. The Balaban J connectivity index is 1.83. The molecule has 140 valence electrons. The van der Waals surface area contributed by atoms with Crippen LogP contribution in [0.15, 0.2) is 17.1 Å². The Morgan fingerprint density at radius 2 is 2.08 bits per heavy atom. The van der Waals surface area contributed by atoms with Gasteiger partial charge in [-0.05, 0) is 13.0 Å². The van der Waals surface area contributed by atoms with Crippen molar-refractivity contribution in [2.45, 2.75) is 37.9 Å². The number of rotatable bonds is 6. The third-order valence-electron chi connectivity index (χ3n) is 3.66. The maximum atomic E-state index is 12.1. The van der Waals surface area contributed by atoms with Crippen molar-refractivity contribution < 1.29 is 37.8 Å². The van der Waals surface area contributed by atoms with Crippen LogP contribution in [0.2, 0.25) is 0 Å². The van der Waals surface area contributed by atoms with E-state index in [1.54, 1.807) is 6.92 Å². The first-order valence-electron chi connectivity index (χ1n) is 7.41. The number of anilines is 1. The van der Waals surface area contributed by atoms with E-state index in [1.165, 1.54) is 12.3 Å². The maximum absolute atomic E-state index is 12.1. The predicted octanol–water partition coefficient (Wildman–Crippen LogP) is -1.06. The van der Waals surface area contributed by atoms with Crippen LogP contribution in [0.3, 0.4) is 0 Å². The predicted molar refractivity (Wildman–Crippen MR) is 80.0 cm³/mol. The molecule has 2 aliphatic heterocycles. The summed E-state index contributed by atoms with van der Waals surface area (Å²) in [5, 5.41) is 0. The first kappa shape index (κ1) is 18.4. The zero-order valence-electron chi connectivity index (χ0n) is 13.1. The lowest BCUT2D eigenvalue weighted by molar-refractivity contribution is -0.266. The lowest BCUT2D eigenvalue weighted by Crippen LogP contribution is -2.34. The number of nitrogens with two attached hydrogens (primary N) is 1. The average molecular weight is 379 g/mol. The molecule has 13 heteroatoms. The second-order valence-corrected chi connectivity index (χ2v) is 6.58. The number of ether oxygens (including phenoxy) is 4. The molecule has 0 spiro atoms. The highest BCUT2D eigenvalue weighted by atomic mass is 31.2. The van der Waals surface area contributed by atoms with Crippen LogP contribution in [0.5, 0.6) is 0 Å². The van der Waals surface area contributed by atoms with Gasteiger partial charge in [0.05, 0.1) is 6.61 Å². The lowest BCUT2D eigenvalue weighted by Gasteiger charge is -2.21. The Morgan fingerprint density at radius 1 is 1.36 bits per heavy atom. The highest BCUT2D eigenvalue weighted by Gasteiger charge is 2.54. The van der Waals surface area contributed by atoms with Crippen LogP contribution in [0.4, 0.5) is 5.82 Å². The van der Waals surface area contributed by atoms with E-state index < -0.39 is 51.1 Å². The monoisotopic (exact) mass is 379 g/mol. The standard InChI is InChI=1S/C12H18N3O9P/c1-2-20-12-23-8-6(5-21-25(17,18)19)22-10(9(8)24-12)15-4-3-7(13)14-11(15)16/h3-4,6,8-10,12H,2,5H2,1H3,(H2,13,14,16)(H2,17,18,19)/t6-,8-,9-,10-,12?/m1/s1. The smallest absolute Gasteiger partial charge is 0.383 e. The summed E-state index contributed by atoms with van der Waals surface area (Å²) >= 11 is 0. The van der Waals surface area contributed by atoms with E-state index in [1.807, 2.05) is 0 Å². The van der Waals surface area contributed by atoms with E-state index in [2.05, 4.69) is 9.51 Å². The minimum atomic E-state index is -4.70. The molecule has 0 aromatic carbocycles. The van der Waals surface area contributed by atoms with Gasteiger partial charge in [0.2, 0.25) is 0 Å². The molecule has 0 aliphatic carbocycles. The van der Waals surface area contributed by atoms with Crippen LogP contribution < -0.4 is 11.4 Å². The molecule has 1 unspecified atom stereocenters. The van der Waals surface area contributed by atoms with Crippen LogP contribution in [0, 0.1) is 0 Å². The maximum Gasteiger partial charge on any atom is 0.469 e. The van der Waals surface area contributed by atoms with Gasteiger partial charge in [0.25, 0.3) is 6.48 Å². The summed E-state index contributed by atoms with van der Waals surface area (Å²) in [6.45, 7) is 0.628. The molecule has 2 saturated heterocycles. The molecule has 0 bridgehead atoms. The van der Waals surface area contributed by atoms with E-state index in [0.29, 0.717) is 6.61 Å². The van der Waals surface area contributed by atoms with Crippen molar-refractivity contribution in [3.8, 4) is 0 Å². The third-order valence-corrected chi connectivity index (χ3v) is 4.14. The molecule has 1 aromatic rings. The molecule has 0 radical (unpaired) electrons. The first-order chi connectivity index (χ1) is 11.8. The summed E-state index contributed by atoms with van der Waals surface area (Å²) in [6, 6.07) is 1.41. The van der Waals surface area contributed by atoms with Crippen molar-refractivity contribution in [2.24, 2.45) is 0 Å². The molecular weight excluding hydrogens is 361 g/mol. The average Bonchev–Trinajstić information content (AvgIpc) is 3.04. The van der Waals surface area contributed by atoms with Crippen molar-refractivity contribution in [2.75, 3.05) is 18.9 Å². The highest BCUT2D eigenvalue weighted by molar-refractivity contribution is 7.46. The lowest BCUT2D eigenvalue weighted by atomic mass is 10.1. The van der Waals surface area contributed by atoms with Gasteiger partial charge in [0.15, 0.2) is 6.23 Å². The molecule has 2 fully saturated rings. The molecule has 3 rings (SSSR count). The molecule has 2 aliphatic rings. The molecule has 25 heavy (non-hydrogen) atoms. The number of hydrogen-bond acceptors (Lipinski definition) is 9. The van der Waals surface area contributed by atoms with Gasteiger partial charge in [-0.1, -0.05) is 0 Å². The second-order valence-electron chi connectivity index (χ2n) is 5.34. The van der Waals surface area contributed by atoms with Crippen LogP contribution in [-0.4, -0.2) is 57.3 Å². The topological polar surface area (TPSA) is 165 Å². The van der Waals surface area contributed by atoms with E-state index in [9.17, 15) is 9.36 Å². The minimum Gasteiger partial charge on any atom is -0.383 e. The molecular formula is C12H18N3O9P. The minimum absolute atomic E-state index is 0.0490. The van der Waals surface area contributed by atoms with Crippen molar-refractivity contribution in [3.05, 3.63) is 22.7 Å². The quantitative estimate of drug-likeness (QED) is 0.516. The summed E-state index contributed by atoms with van der Waals surface area (Å²) < 4.78 is 38.7. The Bertz CT molecular complexity index is 722. The molecule has 1 aromatic heterocycles. The number of hydrogen-bond donors (Lipinski definition) is 3. The number of aromatic nitrogens is 2. The van der Waals surface area contributed by atoms with Crippen molar-refractivity contribution in [1.29, 1.82) is 0 Å². The number of nitrogens with zero attached hydrogens (tertiary/aromatic N) is 2. The number of nitrogen functional groups attached to an aromatic ring is 1. The van der Waals surface area contributed by atoms with Gasteiger partial charge < -0.3 is 34.5 Å². The normalized spacial score (nSPS) is 32.0. The fraction of sp³-hybridized carbons (Fsp3) is 0.667. The van der Waals surface area contributed by atoms with Crippen LogP contribution in [-0.2, 0) is 28.0 Å². The van der Waals surface area contributed by atoms with Crippen LogP contribution in [0.25, 0.3) is 0 Å². The molecule has 12 nitrogen and oxygen atoms in total. The largest absolute Gasteiger partial charge is 0.469 e. The Hall–Kier alpha value is -1.37. The molecule has 3 heterocycles. The van der Waals surface area contributed by atoms with E-state index >= 15 is 0 Å². The summed E-state index contributed by atoms with van der Waals surface area (Å²) in [4.78, 5) is 33.4. The SMILES string of the molecule is CCOC1O[C@@H]2[C@H](O1)[C@@H](COP(=O)(O)O)O[C@H]2n1ccc(N)nc1=O. The summed E-state index contributed by atoms with van der Waals surface area (Å²) in [6.07, 6.45) is -1.96. The molecule has 4 N–H and O–H groups in total. The van der Waals surface area contributed by atoms with Crippen molar-refractivity contribution >= 4 is 13.6 Å². The zero-order valence-corrected chi connectivity index (χ0v) is 14.0. The second kappa shape index (κ2) is 7.09. The van der Waals surface area contributed by atoms with E-state index in [0.717, 1.165) is 4.57 Å². The van der Waals surface area contributed by atoms with Gasteiger partial charge in [-0.2, -0.15) is 4.98 Å². The number of fused-ring (bicyclic) bond motifs is 1. The summed E-state index contributed by atoms with van der Waals surface area (Å²) in [7, 11) is -4.70. The van der Waals surface area contributed by atoms with E-state index in [4.69, 9.17) is 34.5 Å². The highest BCUT2D eigenvalue weighted by Crippen LogP contribution is 2.42. The van der Waals surface area contributed by atoms with Crippen molar-refractivity contribution in [1.82, 2.24) is 9.55 Å². The van der Waals surface area contributed by atoms with Gasteiger partial charge in [-0.3, -0.25) is 9.09 Å². The molecule has 5 atom stereocenters. The molecule has 0 amide bonds. The van der Waals surface area contributed by atoms with Gasteiger partial charge in [0.1, 0.15) is 24.1 Å². The van der Waals surface area contributed by atoms with Gasteiger partial charge in [-0.25, -0.2) is 9.36 Å². The number of phosphoric acid groups is 1. The summed E-state index contributed by atoms with van der Waals surface area (Å²) in [5.74, 6) is 0.0490. The first-order valence-corrected chi connectivity index (χ1v) is 8.94. The van der Waals surface area contributed by atoms with E-state index in [-0.39, 0.29) is 5.82 Å². The van der Waals surface area contributed by atoms with Crippen LogP contribution in [0.1, 0.15) is 13.2 Å². The van der Waals surface area contributed by atoms with Gasteiger partial charge in [0, 0.05) is 12.8 Å².